The summed E-state index contributed by atoms with van der Waals surface area (Å²) in [7, 11) is 0. The van der Waals surface area contributed by atoms with Crippen LogP contribution in [0.15, 0.2) is 48.7 Å². The highest BCUT2D eigenvalue weighted by Crippen LogP contribution is 2.20. The Hall–Kier alpha value is -3.55. The molecule has 154 valence electrons. The molecule has 0 bridgehead atoms. The van der Waals surface area contributed by atoms with Crippen molar-refractivity contribution >= 4 is 28.5 Å². The number of rotatable bonds is 4. The minimum atomic E-state index is -0.457. The number of nitrogens with one attached hydrogen (secondary N) is 1. The van der Waals surface area contributed by atoms with Gasteiger partial charge < -0.3 is 15.1 Å². The summed E-state index contributed by atoms with van der Waals surface area (Å²) < 4.78 is 14.0. The molecule has 3 heterocycles. The molecular weight excluding hydrogens is 385 g/mol. The number of hydrogen-bond acceptors (Lipinski definition) is 5. The second-order valence-electron chi connectivity index (χ2n) is 7.17. The Kier molecular flexibility index (Phi) is 5.56. The van der Waals surface area contributed by atoms with Crippen LogP contribution in [-0.2, 0) is 11.3 Å². The van der Waals surface area contributed by atoms with E-state index in [0.717, 1.165) is 11.4 Å². The number of piperazine rings is 1. The van der Waals surface area contributed by atoms with E-state index in [2.05, 4.69) is 20.2 Å². The van der Waals surface area contributed by atoms with E-state index < -0.39 is 5.82 Å². The first-order valence-electron chi connectivity index (χ1n) is 9.81. The van der Waals surface area contributed by atoms with Crippen molar-refractivity contribution in [2.75, 3.05) is 31.1 Å². The van der Waals surface area contributed by atoms with Crippen LogP contribution >= 0.6 is 0 Å². The van der Waals surface area contributed by atoms with Crippen LogP contribution in [-0.4, -0.2) is 52.9 Å². The van der Waals surface area contributed by atoms with Gasteiger partial charge >= 0.3 is 0 Å². The predicted octanol–water partition coefficient (Wildman–Crippen LogP) is 2.37. The Labute approximate surface area is 173 Å². The maximum absolute atomic E-state index is 14.0. The molecule has 0 radical (unpaired) electrons. The van der Waals surface area contributed by atoms with Crippen LogP contribution in [0, 0.1) is 5.82 Å². The summed E-state index contributed by atoms with van der Waals surface area (Å²) >= 11 is 0. The molecule has 0 unspecified atom stereocenters. The molecule has 2 amide bonds. The number of halogens is 1. The molecule has 0 atom stereocenters. The van der Waals surface area contributed by atoms with Crippen LogP contribution in [0.3, 0.4) is 0 Å². The third kappa shape index (κ3) is 4.07. The maximum Gasteiger partial charge on any atom is 0.270 e. The highest BCUT2D eigenvalue weighted by molar-refractivity contribution is 5.95. The molecule has 0 spiro atoms. The summed E-state index contributed by atoms with van der Waals surface area (Å²) in [5, 5.41) is 3.50. The van der Waals surface area contributed by atoms with Crippen LogP contribution in [0.1, 0.15) is 23.0 Å². The van der Waals surface area contributed by atoms with Gasteiger partial charge in [0, 0.05) is 56.8 Å². The van der Waals surface area contributed by atoms with Crippen molar-refractivity contribution in [1.82, 2.24) is 20.2 Å². The third-order valence-corrected chi connectivity index (χ3v) is 5.24. The van der Waals surface area contributed by atoms with Crippen molar-refractivity contribution in [3.05, 3.63) is 65.7 Å². The van der Waals surface area contributed by atoms with Gasteiger partial charge in [-0.25, -0.2) is 14.4 Å². The van der Waals surface area contributed by atoms with Crippen molar-refractivity contribution in [2.45, 2.75) is 13.5 Å². The van der Waals surface area contributed by atoms with Gasteiger partial charge in [-0.15, -0.1) is 0 Å². The summed E-state index contributed by atoms with van der Waals surface area (Å²) in [4.78, 5) is 36.7. The zero-order valence-corrected chi connectivity index (χ0v) is 16.6. The van der Waals surface area contributed by atoms with Crippen molar-refractivity contribution in [3.8, 4) is 0 Å². The van der Waals surface area contributed by atoms with Gasteiger partial charge in [-0.2, -0.15) is 0 Å². The van der Waals surface area contributed by atoms with E-state index in [0.29, 0.717) is 31.6 Å². The lowest BCUT2D eigenvalue weighted by Crippen LogP contribution is -2.48. The van der Waals surface area contributed by atoms with E-state index in [4.69, 9.17) is 0 Å². The first-order chi connectivity index (χ1) is 14.5. The van der Waals surface area contributed by atoms with Crippen molar-refractivity contribution in [2.24, 2.45) is 0 Å². The fraction of sp³-hybridized carbons (Fsp3) is 0.273. The van der Waals surface area contributed by atoms with Crippen LogP contribution in [0.4, 0.5) is 10.2 Å². The van der Waals surface area contributed by atoms with Crippen LogP contribution < -0.4 is 10.2 Å². The van der Waals surface area contributed by atoms with Gasteiger partial charge in [0.15, 0.2) is 0 Å². The zero-order chi connectivity index (χ0) is 21.1. The summed E-state index contributed by atoms with van der Waals surface area (Å²) in [5.74, 6) is 0.0266. The lowest BCUT2D eigenvalue weighted by atomic mass is 10.2. The van der Waals surface area contributed by atoms with Crippen LogP contribution in [0.2, 0.25) is 0 Å². The highest BCUT2D eigenvalue weighted by Gasteiger charge is 2.21. The minimum Gasteiger partial charge on any atom is -0.353 e. The average molecular weight is 407 g/mol. The van der Waals surface area contributed by atoms with E-state index in [1.807, 2.05) is 17.0 Å². The van der Waals surface area contributed by atoms with Gasteiger partial charge in [-0.05, 0) is 18.2 Å². The Morgan fingerprint density at radius 1 is 1.07 bits per heavy atom. The van der Waals surface area contributed by atoms with Gasteiger partial charge in [0.25, 0.3) is 5.91 Å². The van der Waals surface area contributed by atoms with E-state index in [-0.39, 0.29) is 29.6 Å². The molecular formula is C22H22FN5O2. The molecule has 1 fully saturated rings. The molecule has 0 aliphatic carbocycles. The molecule has 1 aliphatic rings. The van der Waals surface area contributed by atoms with Gasteiger partial charge in [0.05, 0.1) is 0 Å². The second-order valence-corrected chi connectivity index (χ2v) is 7.17. The maximum atomic E-state index is 14.0. The number of hydrogen-bond donors (Lipinski definition) is 1. The van der Waals surface area contributed by atoms with Crippen molar-refractivity contribution < 1.29 is 14.0 Å². The number of anilines is 1. The summed E-state index contributed by atoms with van der Waals surface area (Å²) in [6, 6.07) is 11.7. The second kappa shape index (κ2) is 8.44. The monoisotopic (exact) mass is 407 g/mol. The summed E-state index contributed by atoms with van der Waals surface area (Å²) in [6.07, 6.45) is 1.71. The number of nitrogens with zero attached hydrogens (tertiary/aromatic N) is 4. The molecule has 30 heavy (non-hydrogen) atoms. The quantitative estimate of drug-likeness (QED) is 0.718. The largest absolute Gasteiger partial charge is 0.353 e. The molecule has 1 aliphatic heterocycles. The molecule has 1 saturated heterocycles. The number of para-hydroxylation sites is 1. The predicted molar refractivity (Wildman–Crippen MR) is 112 cm³/mol. The molecule has 4 rings (SSSR count). The van der Waals surface area contributed by atoms with Crippen molar-refractivity contribution in [3.63, 3.8) is 0 Å². The van der Waals surface area contributed by atoms with Gasteiger partial charge in [0.2, 0.25) is 5.91 Å². The number of carbonyl (C=O) groups is 2. The lowest BCUT2D eigenvalue weighted by Gasteiger charge is -2.35. The van der Waals surface area contributed by atoms with Gasteiger partial charge in [0.1, 0.15) is 22.8 Å². The molecule has 7 nitrogen and oxygen atoms in total. The molecule has 8 heteroatoms. The minimum absolute atomic E-state index is 0.0717. The summed E-state index contributed by atoms with van der Waals surface area (Å²) in [6.45, 7) is 4.50. The Morgan fingerprint density at radius 3 is 2.63 bits per heavy atom. The van der Waals surface area contributed by atoms with Gasteiger partial charge in [-0.1, -0.05) is 24.3 Å². The molecule has 2 aromatic heterocycles. The number of aromatic nitrogens is 2. The number of benzene rings is 1. The topological polar surface area (TPSA) is 78.4 Å². The van der Waals surface area contributed by atoms with E-state index >= 15 is 0 Å². The molecule has 0 saturated carbocycles. The third-order valence-electron chi connectivity index (χ3n) is 5.24. The number of fused-ring (bicyclic) bond motifs is 1. The lowest BCUT2D eigenvalue weighted by molar-refractivity contribution is -0.129. The number of amides is 2. The first-order valence-corrected chi connectivity index (χ1v) is 9.81. The van der Waals surface area contributed by atoms with Gasteiger partial charge in [-0.3, -0.25) is 9.59 Å². The fourth-order valence-electron chi connectivity index (χ4n) is 3.59. The first kappa shape index (κ1) is 19.8. The highest BCUT2D eigenvalue weighted by atomic mass is 19.1. The summed E-state index contributed by atoms with van der Waals surface area (Å²) in [5.41, 5.74) is 1.21. The Balaban J connectivity index is 1.46. The van der Waals surface area contributed by atoms with Crippen LogP contribution in [0.5, 0.6) is 0 Å². The van der Waals surface area contributed by atoms with Crippen LogP contribution in [0.25, 0.3) is 10.9 Å². The smallest absolute Gasteiger partial charge is 0.270 e. The van der Waals surface area contributed by atoms with E-state index in [1.54, 1.807) is 37.4 Å². The van der Waals surface area contributed by atoms with E-state index in [1.165, 1.54) is 6.07 Å². The molecule has 1 aromatic carbocycles. The number of pyridine rings is 2. The SMILES string of the molecule is CC(=O)N1CCN(c2ncccc2CNC(=O)c2ccc3cccc(F)c3n2)CC1. The Bertz CT molecular complexity index is 1100. The fourth-order valence-corrected chi connectivity index (χ4v) is 3.59. The standard InChI is InChI=1S/C22H22FN5O2/c1-15(29)27-10-12-28(13-11-27)21-17(5-3-9-24-21)14-25-22(30)19-8-7-16-4-2-6-18(23)20(16)26-19/h2-9H,10-14H2,1H3,(H,25,30). The molecule has 1 N–H and O–H groups in total. The van der Waals surface area contributed by atoms with E-state index in [9.17, 15) is 14.0 Å². The zero-order valence-electron chi connectivity index (χ0n) is 16.6. The van der Waals surface area contributed by atoms with Crippen molar-refractivity contribution in [1.29, 1.82) is 0 Å². The Morgan fingerprint density at radius 2 is 1.87 bits per heavy atom. The number of carbonyl (C=O) groups excluding carboxylic acids is 2. The normalized spacial score (nSPS) is 14.1. The molecule has 3 aromatic rings. The average Bonchev–Trinajstić information content (AvgIpc) is 2.78.